The lowest BCUT2D eigenvalue weighted by Gasteiger charge is -2.42. The van der Waals surface area contributed by atoms with E-state index in [0.29, 0.717) is 0 Å². The van der Waals surface area contributed by atoms with Crippen molar-refractivity contribution in [3.05, 3.63) is 0 Å². The summed E-state index contributed by atoms with van der Waals surface area (Å²) in [6.45, 7) is 8.17. The lowest BCUT2D eigenvalue weighted by molar-refractivity contribution is -0.112. The monoisotopic (exact) mass is 243 g/mol. The first-order valence-corrected chi connectivity index (χ1v) is 6.63. The summed E-state index contributed by atoms with van der Waals surface area (Å²) in [7, 11) is 0. The molecule has 2 N–H and O–H groups in total. The third-order valence-corrected chi connectivity index (χ3v) is 3.86. The third-order valence-electron chi connectivity index (χ3n) is 3.86. The Morgan fingerprint density at radius 3 is 2.47 bits per heavy atom. The zero-order valence-electron chi connectivity index (χ0n) is 11.1. The van der Waals surface area contributed by atoms with Crippen molar-refractivity contribution in [2.75, 3.05) is 19.7 Å². The van der Waals surface area contributed by atoms with Crippen LogP contribution in [0, 0.1) is 5.92 Å². The average molecular weight is 243 g/mol. The quantitative estimate of drug-likeness (QED) is 0.746. The molecule has 0 bridgehead atoms. The van der Waals surface area contributed by atoms with Crippen molar-refractivity contribution in [2.45, 2.75) is 57.5 Å². The van der Waals surface area contributed by atoms with E-state index in [9.17, 15) is 10.2 Å². The van der Waals surface area contributed by atoms with Crippen molar-refractivity contribution < 1.29 is 14.9 Å². The van der Waals surface area contributed by atoms with E-state index in [-0.39, 0.29) is 36.4 Å². The van der Waals surface area contributed by atoms with Crippen LogP contribution < -0.4 is 0 Å². The van der Waals surface area contributed by atoms with E-state index in [1.807, 2.05) is 0 Å². The summed E-state index contributed by atoms with van der Waals surface area (Å²) >= 11 is 0. The minimum atomic E-state index is -0.384. The van der Waals surface area contributed by atoms with Crippen molar-refractivity contribution in [3.8, 4) is 0 Å². The van der Waals surface area contributed by atoms with Gasteiger partial charge in [-0.15, -0.1) is 0 Å². The fraction of sp³-hybridized carbons (Fsp3) is 1.00. The Hall–Kier alpha value is -0.160. The molecule has 2 aliphatic rings. The molecule has 0 aromatic carbocycles. The Balaban J connectivity index is 2.09. The molecular formula is C13H25NO3. The normalized spacial score (nSPS) is 39.4. The summed E-state index contributed by atoms with van der Waals surface area (Å²) < 4.78 is 6.08. The van der Waals surface area contributed by atoms with Crippen LogP contribution in [0.15, 0.2) is 0 Å². The predicted molar refractivity (Wildman–Crippen MR) is 65.8 cm³/mol. The fourth-order valence-electron chi connectivity index (χ4n) is 3.21. The van der Waals surface area contributed by atoms with Crippen molar-refractivity contribution >= 4 is 0 Å². The summed E-state index contributed by atoms with van der Waals surface area (Å²) in [6, 6.07) is 0.183. The molecular weight excluding hydrogens is 218 g/mol. The van der Waals surface area contributed by atoms with Gasteiger partial charge in [0.1, 0.15) is 0 Å². The van der Waals surface area contributed by atoms with Gasteiger partial charge >= 0.3 is 0 Å². The second-order valence-electron chi connectivity index (χ2n) is 6.29. The maximum atomic E-state index is 9.99. The second kappa shape index (κ2) is 4.84. The van der Waals surface area contributed by atoms with Crippen LogP contribution in [0.3, 0.4) is 0 Å². The van der Waals surface area contributed by atoms with Gasteiger partial charge in [0, 0.05) is 31.7 Å². The van der Waals surface area contributed by atoms with Gasteiger partial charge in [-0.3, -0.25) is 4.90 Å². The number of hydrogen-bond donors (Lipinski definition) is 2. The van der Waals surface area contributed by atoms with Crippen LogP contribution in [-0.4, -0.2) is 58.7 Å². The Kier molecular flexibility index (Phi) is 3.78. The van der Waals surface area contributed by atoms with Gasteiger partial charge in [-0.1, -0.05) is 0 Å². The van der Waals surface area contributed by atoms with Gasteiger partial charge in [0.25, 0.3) is 0 Å². The Bertz CT molecular complexity index is 264. The lowest BCUT2D eigenvalue weighted by atomic mass is 9.86. The topological polar surface area (TPSA) is 52.9 Å². The highest BCUT2D eigenvalue weighted by Crippen LogP contribution is 2.35. The Labute approximate surface area is 104 Å². The number of piperidine rings is 1. The van der Waals surface area contributed by atoms with Crippen LogP contribution >= 0.6 is 0 Å². The molecule has 2 rings (SSSR count). The largest absolute Gasteiger partial charge is 0.396 e. The number of hydrogen-bond acceptors (Lipinski definition) is 4. The van der Waals surface area contributed by atoms with Gasteiger partial charge < -0.3 is 14.9 Å². The van der Waals surface area contributed by atoms with E-state index in [1.54, 1.807) is 0 Å². The van der Waals surface area contributed by atoms with Gasteiger partial charge in [-0.2, -0.15) is 0 Å². The number of fused-ring (bicyclic) bond motifs is 1. The van der Waals surface area contributed by atoms with Crippen molar-refractivity contribution in [1.29, 1.82) is 0 Å². The second-order valence-corrected chi connectivity index (χ2v) is 6.29. The molecule has 0 aromatic rings. The molecule has 4 nitrogen and oxygen atoms in total. The van der Waals surface area contributed by atoms with Gasteiger partial charge in [-0.25, -0.2) is 0 Å². The Morgan fingerprint density at radius 2 is 1.88 bits per heavy atom. The van der Waals surface area contributed by atoms with E-state index in [1.165, 1.54) is 0 Å². The van der Waals surface area contributed by atoms with E-state index >= 15 is 0 Å². The molecule has 0 aromatic heterocycles. The summed E-state index contributed by atoms with van der Waals surface area (Å²) in [6.07, 6.45) is 1.53. The number of aliphatic hydroxyl groups excluding tert-OH is 2. The average Bonchev–Trinajstić information content (AvgIpc) is 2.59. The Morgan fingerprint density at radius 1 is 1.24 bits per heavy atom. The van der Waals surface area contributed by atoms with E-state index in [4.69, 9.17) is 4.74 Å². The fourth-order valence-corrected chi connectivity index (χ4v) is 3.21. The molecule has 0 amide bonds. The lowest BCUT2D eigenvalue weighted by Crippen LogP contribution is -2.54. The van der Waals surface area contributed by atoms with Crippen molar-refractivity contribution in [3.63, 3.8) is 0 Å². The highest BCUT2D eigenvalue weighted by atomic mass is 16.5. The molecule has 2 fully saturated rings. The minimum absolute atomic E-state index is 0.0480. The van der Waals surface area contributed by atoms with Gasteiger partial charge in [-0.05, 0) is 33.6 Å². The molecule has 2 saturated heterocycles. The molecule has 2 heterocycles. The molecule has 17 heavy (non-hydrogen) atoms. The predicted octanol–water partition coefficient (Wildman–Crippen LogP) is 0.617. The van der Waals surface area contributed by atoms with E-state index in [0.717, 1.165) is 25.9 Å². The molecule has 2 aliphatic heterocycles. The van der Waals surface area contributed by atoms with Gasteiger partial charge in [0.15, 0.2) is 0 Å². The molecule has 0 saturated carbocycles. The number of aliphatic hydroxyl groups is 2. The van der Waals surface area contributed by atoms with Gasteiger partial charge in [0.2, 0.25) is 0 Å². The number of nitrogens with zero attached hydrogens (tertiary/aromatic N) is 1. The molecule has 4 atom stereocenters. The van der Waals surface area contributed by atoms with Crippen LogP contribution in [0.1, 0.15) is 33.6 Å². The third kappa shape index (κ3) is 2.81. The summed E-state index contributed by atoms with van der Waals surface area (Å²) in [4.78, 5) is 2.37. The summed E-state index contributed by atoms with van der Waals surface area (Å²) in [5.41, 5.74) is -0.164. The number of rotatable bonds is 2. The van der Waals surface area contributed by atoms with Crippen LogP contribution in [0.2, 0.25) is 0 Å². The summed E-state index contributed by atoms with van der Waals surface area (Å²) in [5, 5.41) is 19.5. The maximum absolute atomic E-state index is 9.99. The van der Waals surface area contributed by atoms with E-state index < -0.39 is 0 Å². The highest BCUT2D eigenvalue weighted by Gasteiger charge is 2.46. The smallest absolute Gasteiger partial charge is 0.0754 e. The SMILES string of the molecule is CC(C)(C)O[C@H]1CCN2CC[C@H](O)[C@H](CO)[C@H]12. The molecule has 4 heteroatoms. The molecule has 0 unspecified atom stereocenters. The summed E-state index contributed by atoms with van der Waals surface area (Å²) in [5.74, 6) is -0.0569. The van der Waals surface area contributed by atoms with Crippen LogP contribution in [0.25, 0.3) is 0 Å². The number of ether oxygens (including phenoxy) is 1. The van der Waals surface area contributed by atoms with Crippen LogP contribution in [-0.2, 0) is 4.74 Å². The first-order valence-electron chi connectivity index (χ1n) is 6.63. The maximum Gasteiger partial charge on any atom is 0.0754 e. The molecule has 100 valence electrons. The first kappa shape index (κ1) is 13.3. The molecule has 0 spiro atoms. The zero-order chi connectivity index (χ0) is 12.6. The molecule has 0 radical (unpaired) electrons. The zero-order valence-corrected chi connectivity index (χ0v) is 11.1. The highest BCUT2D eigenvalue weighted by molar-refractivity contribution is 4.99. The van der Waals surface area contributed by atoms with Crippen molar-refractivity contribution in [2.24, 2.45) is 5.92 Å². The first-order chi connectivity index (χ1) is 7.92. The van der Waals surface area contributed by atoms with Crippen LogP contribution in [0.5, 0.6) is 0 Å². The molecule has 0 aliphatic carbocycles. The standard InChI is InChI=1S/C13H25NO3/c1-13(2,3)17-11-5-7-14-6-4-10(16)9(8-15)12(11)14/h9-12,15-16H,4-8H2,1-3H3/t9-,10-,11-,12+/m0/s1. The van der Waals surface area contributed by atoms with E-state index in [2.05, 4.69) is 25.7 Å². The van der Waals surface area contributed by atoms with Gasteiger partial charge in [0.05, 0.1) is 17.8 Å². The minimum Gasteiger partial charge on any atom is -0.396 e. The van der Waals surface area contributed by atoms with Crippen LogP contribution in [0.4, 0.5) is 0 Å². The van der Waals surface area contributed by atoms with Crippen molar-refractivity contribution in [1.82, 2.24) is 4.90 Å².